The van der Waals surface area contributed by atoms with Gasteiger partial charge in [-0.15, -0.1) is 0 Å². The summed E-state index contributed by atoms with van der Waals surface area (Å²) < 4.78 is 4.83. The molecule has 0 aliphatic heterocycles. The van der Waals surface area contributed by atoms with Gasteiger partial charge in [0.2, 0.25) is 0 Å². The molecule has 7 nitrogen and oxygen atoms in total. The largest absolute Gasteiger partial charge is 0.452 e. The van der Waals surface area contributed by atoms with Crippen LogP contribution >= 0.6 is 11.6 Å². The molecule has 0 aromatic heterocycles. The Labute approximate surface area is 142 Å². The van der Waals surface area contributed by atoms with E-state index in [-0.39, 0.29) is 10.6 Å². The van der Waals surface area contributed by atoms with Gasteiger partial charge in [0, 0.05) is 16.8 Å². The van der Waals surface area contributed by atoms with Crippen molar-refractivity contribution in [1.82, 2.24) is 0 Å². The number of esters is 1. The van der Waals surface area contributed by atoms with Gasteiger partial charge in [-0.3, -0.25) is 14.9 Å². The summed E-state index contributed by atoms with van der Waals surface area (Å²) >= 11 is 5.74. The van der Waals surface area contributed by atoms with Crippen LogP contribution in [0.3, 0.4) is 0 Å². The van der Waals surface area contributed by atoms with E-state index in [0.717, 1.165) is 17.7 Å². The van der Waals surface area contributed by atoms with Crippen molar-refractivity contribution in [2.75, 3.05) is 11.9 Å². The highest BCUT2D eigenvalue weighted by Gasteiger charge is 2.22. The highest BCUT2D eigenvalue weighted by Crippen LogP contribution is 2.23. The molecule has 0 aliphatic rings. The first-order valence-corrected chi connectivity index (χ1v) is 7.23. The van der Waals surface area contributed by atoms with Crippen molar-refractivity contribution in [3.8, 4) is 0 Å². The lowest BCUT2D eigenvalue weighted by Crippen LogP contribution is -2.21. The van der Waals surface area contributed by atoms with Crippen molar-refractivity contribution in [2.45, 2.75) is 6.92 Å². The lowest BCUT2D eigenvalue weighted by molar-refractivity contribution is -0.385. The van der Waals surface area contributed by atoms with Gasteiger partial charge in [-0.2, -0.15) is 0 Å². The maximum Gasteiger partial charge on any atom is 0.345 e. The van der Waals surface area contributed by atoms with Crippen LogP contribution in [0.5, 0.6) is 0 Å². The highest BCUT2D eigenvalue weighted by atomic mass is 35.5. The van der Waals surface area contributed by atoms with E-state index in [9.17, 15) is 19.7 Å². The Kier molecular flexibility index (Phi) is 5.49. The van der Waals surface area contributed by atoms with Crippen LogP contribution in [0.4, 0.5) is 11.4 Å². The summed E-state index contributed by atoms with van der Waals surface area (Å²) in [4.78, 5) is 34.0. The summed E-state index contributed by atoms with van der Waals surface area (Å²) in [5.74, 6) is -1.55. The predicted molar refractivity (Wildman–Crippen MR) is 88.2 cm³/mol. The smallest absolute Gasteiger partial charge is 0.345 e. The van der Waals surface area contributed by atoms with Crippen LogP contribution in [0.25, 0.3) is 0 Å². The average Bonchev–Trinajstić information content (AvgIpc) is 2.54. The van der Waals surface area contributed by atoms with Crippen LogP contribution in [0.15, 0.2) is 42.5 Å². The molecule has 0 heterocycles. The molecule has 2 aromatic rings. The van der Waals surface area contributed by atoms with Gasteiger partial charge in [0.25, 0.3) is 11.6 Å². The minimum atomic E-state index is -0.996. The molecule has 0 aliphatic carbocycles. The molecule has 2 rings (SSSR count). The molecule has 1 N–H and O–H groups in total. The number of aryl methyl sites for hydroxylation is 1. The van der Waals surface area contributed by atoms with Gasteiger partial charge in [-0.05, 0) is 30.7 Å². The molecule has 0 saturated carbocycles. The summed E-state index contributed by atoms with van der Waals surface area (Å²) in [6.45, 7) is 1.24. The topological polar surface area (TPSA) is 98.5 Å². The third-order valence-electron chi connectivity index (χ3n) is 3.13. The number of nitrogens with one attached hydrogen (secondary N) is 1. The zero-order chi connectivity index (χ0) is 17.7. The van der Waals surface area contributed by atoms with Crippen molar-refractivity contribution >= 4 is 34.9 Å². The standard InChI is InChI=1S/C16H13ClN2O5/c1-10-4-2-3-5-13(10)18-15(20)9-24-16(21)12-8-11(17)6-7-14(12)19(22)23/h2-8H,9H2,1H3,(H,18,20). The Balaban J connectivity index is 2.03. The monoisotopic (exact) mass is 348 g/mol. The number of hydrogen-bond donors (Lipinski definition) is 1. The average molecular weight is 349 g/mol. The first kappa shape index (κ1) is 17.4. The number of amides is 1. The number of rotatable bonds is 5. The van der Waals surface area contributed by atoms with Gasteiger partial charge in [-0.25, -0.2) is 4.79 Å². The van der Waals surface area contributed by atoms with Gasteiger partial charge >= 0.3 is 5.97 Å². The molecule has 124 valence electrons. The van der Waals surface area contributed by atoms with Gasteiger partial charge in [0.05, 0.1) is 4.92 Å². The van der Waals surface area contributed by atoms with Crippen molar-refractivity contribution in [3.63, 3.8) is 0 Å². The van der Waals surface area contributed by atoms with E-state index in [2.05, 4.69) is 5.32 Å². The number of ether oxygens (including phenoxy) is 1. The molecule has 0 bridgehead atoms. The molecule has 0 saturated heterocycles. The fourth-order valence-electron chi connectivity index (χ4n) is 1.94. The van der Waals surface area contributed by atoms with E-state index in [1.807, 2.05) is 19.1 Å². The number of benzene rings is 2. The van der Waals surface area contributed by atoms with Gasteiger partial charge < -0.3 is 10.1 Å². The number of nitro groups is 1. The number of anilines is 1. The lowest BCUT2D eigenvalue weighted by Gasteiger charge is -2.09. The van der Waals surface area contributed by atoms with E-state index in [1.54, 1.807) is 12.1 Å². The fourth-order valence-corrected chi connectivity index (χ4v) is 2.11. The van der Waals surface area contributed by atoms with Crippen molar-refractivity contribution in [2.24, 2.45) is 0 Å². The first-order valence-electron chi connectivity index (χ1n) is 6.85. The maximum absolute atomic E-state index is 12.0. The molecule has 0 spiro atoms. The van der Waals surface area contributed by atoms with Gasteiger partial charge in [0.15, 0.2) is 6.61 Å². The summed E-state index contributed by atoms with van der Waals surface area (Å²) in [6.07, 6.45) is 0. The van der Waals surface area contributed by atoms with Crippen LogP contribution in [-0.4, -0.2) is 23.4 Å². The molecule has 8 heteroatoms. The lowest BCUT2D eigenvalue weighted by atomic mass is 10.2. The number of hydrogen-bond acceptors (Lipinski definition) is 5. The van der Waals surface area contributed by atoms with Crippen molar-refractivity contribution in [3.05, 3.63) is 68.7 Å². The predicted octanol–water partition coefficient (Wildman–Crippen LogP) is 3.35. The second-order valence-corrected chi connectivity index (χ2v) is 5.29. The maximum atomic E-state index is 12.0. The fraction of sp³-hybridized carbons (Fsp3) is 0.125. The van der Waals surface area contributed by atoms with Crippen LogP contribution in [0.1, 0.15) is 15.9 Å². The Bertz CT molecular complexity index is 807. The third kappa shape index (κ3) is 4.30. The summed E-state index contributed by atoms with van der Waals surface area (Å²) in [7, 11) is 0. The Morgan fingerprint density at radius 3 is 2.62 bits per heavy atom. The normalized spacial score (nSPS) is 10.1. The van der Waals surface area contributed by atoms with E-state index >= 15 is 0 Å². The Morgan fingerprint density at radius 1 is 1.25 bits per heavy atom. The van der Waals surface area contributed by atoms with Crippen LogP contribution in [0, 0.1) is 17.0 Å². The molecular formula is C16H13ClN2O5. The number of para-hydroxylation sites is 1. The van der Waals surface area contributed by atoms with E-state index in [1.165, 1.54) is 6.07 Å². The zero-order valence-electron chi connectivity index (χ0n) is 12.6. The number of nitro benzene ring substituents is 1. The summed E-state index contributed by atoms with van der Waals surface area (Å²) in [5, 5.41) is 13.7. The second-order valence-electron chi connectivity index (χ2n) is 4.86. The molecule has 0 atom stereocenters. The van der Waals surface area contributed by atoms with E-state index in [0.29, 0.717) is 5.69 Å². The van der Waals surface area contributed by atoms with E-state index < -0.39 is 29.1 Å². The Hall–Kier alpha value is -2.93. The molecule has 2 aromatic carbocycles. The number of halogens is 1. The third-order valence-corrected chi connectivity index (χ3v) is 3.36. The number of carbonyl (C=O) groups is 2. The summed E-state index contributed by atoms with van der Waals surface area (Å²) in [6, 6.07) is 10.6. The van der Waals surface area contributed by atoms with Crippen LogP contribution in [-0.2, 0) is 9.53 Å². The second kappa shape index (κ2) is 7.56. The van der Waals surface area contributed by atoms with Gasteiger partial charge in [-0.1, -0.05) is 29.8 Å². The zero-order valence-corrected chi connectivity index (χ0v) is 13.4. The highest BCUT2D eigenvalue weighted by molar-refractivity contribution is 6.31. The molecular weight excluding hydrogens is 336 g/mol. The molecule has 1 amide bonds. The van der Waals surface area contributed by atoms with Gasteiger partial charge in [0.1, 0.15) is 5.56 Å². The molecule has 0 radical (unpaired) electrons. The van der Waals surface area contributed by atoms with Crippen LogP contribution < -0.4 is 5.32 Å². The molecule has 0 fully saturated rings. The number of carbonyl (C=O) groups excluding carboxylic acids is 2. The number of nitrogens with zero attached hydrogens (tertiary/aromatic N) is 1. The molecule has 0 unspecified atom stereocenters. The van der Waals surface area contributed by atoms with Crippen LogP contribution in [0.2, 0.25) is 5.02 Å². The Morgan fingerprint density at radius 2 is 1.96 bits per heavy atom. The molecule has 24 heavy (non-hydrogen) atoms. The van der Waals surface area contributed by atoms with Crippen molar-refractivity contribution in [1.29, 1.82) is 0 Å². The minimum absolute atomic E-state index is 0.150. The van der Waals surface area contributed by atoms with Crippen molar-refractivity contribution < 1.29 is 19.2 Å². The van der Waals surface area contributed by atoms with E-state index in [4.69, 9.17) is 16.3 Å². The first-order chi connectivity index (χ1) is 11.4. The quantitative estimate of drug-likeness (QED) is 0.507. The minimum Gasteiger partial charge on any atom is -0.452 e. The SMILES string of the molecule is Cc1ccccc1NC(=O)COC(=O)c1cc(Cl)ccc1[N+](=O)[O-]. The summed E-state index contributed by atoms with van der Waals surface area (Å²) in [5.41, 5.74) is 0.690.